The van der Waals surface area contributed by atoms with Crippen molar-refractivity contribution in [3.8, 4) is 11.8 Å². The number of hydrogen-bond acceptors (Lipinski definition) is 3. The van der Waals surface area contributed by atoms with Crippen LogP contribution >= 0.6 is 0 Å². The largest absolute Gasteiger partial charge is 0.320 e. The zero-order valence-electron chi connectivity index (χ0n) is 12.9. The summed E-state index contributed by atoms with van der Waals surface area (Å²) >= 11 is 0. The molecule has 0 saturated heterocycles. The molecule has 0 aliphatic heterocycles. The van der Waals surface area contributed by atoms with Crippen LogP contribution in [0.4, 0.5) is 0 Å². The van der Waals surface area contributed by atoms with Crippen molar-refractivity contribution >= 4 is 10.2 Å². The van der Waals surface area contributed by atoms with Gasteiger partial charge < -0.3 is 5.73 Å². The second-order valence-corrected chi connectivity index (χ2v) is 6.84. The third-order valence-corrected chi connectivity index (χ3v) is 5.01. The van der Waals surface area contributed by atoms with E-state index >= 15 is 0 Å². The Bertz CT molecular complexity index is 613. The smallest absolute Gasteiger partial charge is 0.279 e. The van der Waals surface area contributed by atoms with Crippen molar-refractivity contribution in [2.24, 2.45) is 5.73 Å². The van der Waals surface area contributed by atoms with E-state index in [-0.39, 0.29) is 12.1 Å². The molecule has 0 radical (unpaired) electrons. The molecular formula is C15H23N3O2S. The van der Waals surface area contributed by atoms with E-state index in [9.17, 15) is 8.42 Å². The summed E-state index contributed by atoms with van der Waals surface area (Å²) in [5.41, 5.74) is 7.06. The van der Waals surface area contributed by atoms with Crippen LogP contribution in [0, 0.1) is 11.8 Å². The van der Waals surface area contributed by atoms with E-state index in [0.29, 0.717) is 6.54 Å². The summed E-state index contributed by atoms with van der Waals surface area (Å²) in [6, 6.07) is 7.03. The first kappa shape index (κ1) is 17.7. The first-order valence-corrected chi connectivity index (χ1v) is 8.26. The Morgan fingerprint density at radius 1 is 1.24 bits per heavy atom. The first-order valence-electron chi connectivity index (χ1n) is 6.82. The van der Waals surface area contributed by atoms with Gasteiger partial charge in [-0.2, -0.15) is 17.4 Å². The Balaban J connectivity index is 2.83. The van der Waals surface area contributed by atoms with Crippen LogP contribution in [0.5, 0.6) is 0 Å². The fourth-order valence-electron chi connectivity index (χ4n) is 1.66. The minimum absolute atomic E-state index is 0.0939. The highest BCUT2D eigenvalue weighted by atomic mass is 32.2. The van der Waals surface area contributed by atoms with Crippen molar-refractivity contribution in [3.63, 3.8) is 0 Å². The lowest BCUT2D eigenvalue weighted by atomic mass is 10.1. The molecule has 3 N–H and O–H groups in total. The highest BCUT2D eigenvalue weighted by Gasteiger charge is 2.22. The predicted molar refractivity (Wildman–Crippen MR) is 85.7 cm³/mol. The molecule has 0 saturated carbocycles. The molecule has 0 amide bonds. The van der Waals surface area contributed by atoms with Crippen LogP contribution in [0.15, 0.2) is 24.3 Å². The van der Waals surface area contributed by atoms with Gasteiger partial charge in [-0.05, 0) is 38.5 Å². The van der Waals surface area contributed by atoms with Crippen molar-refractivity contribution in [2.45, 2.75) is 32.9 Å². The number of nitrogens with zero attached hydrogens (tertiary/aromatic N) is 1. The van der Waals surface area contributed by atoms with Crippen molar-refractivity contribution < 1.29 is 8.42 Å². The third-order valence-electron chi connectivity index (χ3n) is 3.18. The van der Waals surface area contributed by atoms with E-state index in [0.717, 1.165) is 11.1 Å². The molecule has 0 heterocycles. The van der Waals surface area contributed by atoms with Crippen LogP contribution in [-0.2, 0) is 10.2 Å². The molecule has 1 rings (SSSR count). The standard InChI is InChI=1S/C15H23N3O2S/c1-12(2)18(4)21(19,20)17-13(3)15-9-7-14(8-10-15)6-5-11-16/h7-10,12-13,17H,11,16H2,1-4H3. The summed E-state index contributed by atoms with van der Waals surface area (Å²) in [6.07, 6.45) is 0. The minimum atomic E-state index is -3.49. The van der Waals surface area contributed by atoms with Gasteiger partial charge in [-0.3, -0.25) is 0 Å². The SMILES string of the molecule is CC(NS(=O)(=O)N(C)C(C)C)c1ccc(C#CCN)cc1. The second kappa shape index (κ2) is 7.57. The normalized spacial score (nSPS) is 13.1. The zero-order chi connectivity index (χ0) is 16.0. The summed E-state index contributed by atoms with van der Waals surface area (Å²) < 4.78 is 28.3. The van der Waals surface area contributed by atoms with Crippen LogP contribution in [0.25, 0.3) is 0 Å². The number of nitrogens with two attached hydrogens (primary N) is 1. The number of benzene rings is 1. The lowest BCUT2D eigenvalue weighted by Gasteiger charge is -2.24. The van der Waals surface area contributed by atoms with E-state index in [1.807, 2.05) is 45.0 Å². The summed E-state index contributed by atoms with van der Waals surface area (Å²) in [5, 5.41) is 0. The molecule has 0 fully saturated rings. The topological polar surface area (TPSA) is 75.4 Å². The fourth-order valence-corrected chi connectivity index (χ4v) is 2.96. The summed E-state index contributed by atoms with van der Waals surface area (Å²) in [4.78, 5) is 0. The maximum absolute atomic E-state index is 12.1. The maximum Gasteiger partial charge on any atom is 0.279 e. The van der Waals surface area contributed by atoms with Crippen molar-refractivity contribution in [1.29, 1.82) is 0 Å². The molecule has 0 aliphatic carbocycles. The van der Waals surface area contributed by atoms with Crippen molar-refractivity contribution in [3.05, 3.63) is 35.4 Å². The summed E-state index contributed by atoms with van der Waals surface area (Å²) in [7, 11) is -1.93. The number of hydrogen-bond donors (Lipinski definition) is 2. The second-order valence-electron chi connectivity index (χ2n) is 5.08. The predicted octanol–water partition coefficient (Wildman–Crippen LogP) is 1.23. The minimum Gasteiger partial charge on any atom is -0.320 e. The van der Waals surface area contributed by atoms with Gasteiger partial charge in [0.15, 0.2) is 0 Å². The average Bonchev–Trinajstić information content (AvgIpc) is 2.44. The lowest BCUT2D eigenvalue weighted by molar-refractivity contribution is 0.398. The molecule has 6 heteroatoms. The van der Waals surface area contributed by atoms with E-state index in [1.165, 1.54) is 4.31 Å². The van der Waals surface area contributed by atoms with E-state index in [4.69, 9.17) is 5.73 Å². The Morgan fingerprint density at radius 2 is 1.81 bits per heavy atom. The summed E-state index contributed by atoms with van der Waals surface area (Å²) in [6.45, 7) is 5.79. The molecule has 1 aromatic carbocycles. The molecule has 1 aromatic rings. The van der Waals surface area contributed by atoms with Crippen LogP contribution < -0.4 is 10.5 Å². The highest BCUT2D eigenvalue weighted by molar-refractivity contribution is 7.87. The number of rotatable bonds is 5. The van der Waals surface area contributed by atoms with Crippen LogP contribution in [-0.4, -0.2) is 32.4 Å². The van der Waals surface area contributed by atoms with Gasteiger partial charge in [-0.1, -0.05) is 24.0 Å². The van der Waals surface area contributed by atoms with Gasteiger partial charge >= 0.3 is 0 Å². The molecule has 0 bridgehead atoms. The van der Waals surface area contributed by atoms with Gasteiger partial charge in [-0.15, -0.1) is 0 Å². The van der Waals surface area contributed by atoms with Gasteiger partial charge in [0.05, 0.1) is 6.54 Å². The van der Waals surface area contributed by atoms with Crippen LogP contribution in [0.1, 0.15) is 37.9 Å². The van der Waals surface area contributed by atoms with Gasteiger partial charge in [0.2, 0.25) is 0 Å². The number of nitrogens with one attached hydrogen (secondary N) is 1. The Kier molecular flexibility index (Phi) is 6.37. The Labute approximate surface area is 127 Å². The molecule has 0 aliphatic rings. The molecular weight excluding hydrogens is 286 g/mol. The quantitative estimate of drug-likeness (QED) is 0.803. The van der Waals surface area contributed by atoms with Crippen LogP contribution in [0.2, 0.25) is 0 Å². The van der Waals surface area contributed by atoms with E-state index in [2.05, 4.69) is 16.6 Å². The molecule has 1 atom stereocenters. The van der Waals surface area contributed by atoms with Gasteiger partial charge in [0, 0.05) is 24.7 Å². The molecule has 5 nitrogen and oxygen atoms in total. The zero-order valence-corrected chi connectivity index (χ0v) is 13.7. The maximum atomic E-state index is 12.1. The van der Waals surface area contributed by atoms with Gasteiger partial charge in [0.1, 0.15) is 0 Å². The van der Waals surface area contributed by atoms with Gasteiger partial charge in [0.25, 0.3) is 10.2 Å². The summed E-state index contributed by atoms with van der Waals surface area (Å²) in [5.74, 6) is 5.71. The Hall–Kier alpha value is -1.39. The monoisotopic (exact) mass is 309 g/mol. The molecule has 0 spiro atoms. The molecule has 116 valence electrons. The average molecular weight is 309 g/mol. The molecule has 1 unspecified atom stereocenters. The highest BCUT2D eigenvalue weighted by Crippen LogP contribution is 2.15. The van der Waals surface area contributed by atoms with Crippen molar-refractivity contribution in [1.82, 2.24) is 9.03 Å². The fraction of sp³-hybridized carbons (Fsp3) is 0.467. The molecule has 0 aromatic heterocycles. The van der Waals surface area contributed by atoms with E-state index < -0.39 is 10.2 Å². The lowest BCUT2D eigenvalue weighted by Crippen LogP contribution is -2.42. The Morgan fingerprint density at radius 3 is 2.29 bits per heavy atom. The molecule has 21 heavy (non-hydrogen) atoms. The van der Waals surface area contributed by atoms with Gasteiger partial charge in [-0.25, -0.2) is 0 Å². The van der Waals surface area contributed by atoms with Crippen molar-refractivity contribution in [2.75, 3.05) is 13.6 Å². The van der Waals surface area contributed by atoms with Crippen LogP contribution in [0.3, 0.4) is 0 Å². The first-order chi connectivity index (χ1) is 9.77. The third kappa shape index (κ3) is 5.14. The van der Waals surface area contributed by atoms with E-state index in [1.54, 1.807) is 7.05 Å².